The van der Waals surface area contributed by atoms with E-state index in [0.717, 1.165) is 28.1 Å². The first-order valence-electron chi connectivity index (χ1n) is 8.79. The fourth-order valence-electron chi connectivity index (χ4n) is 3.18. The molecule has 4 rings (SSSR count). The first-order chi connectivity index (χ1) is 12.2. The lowest BCUT2D eigenvalue weighted by Crippen LogP contribution is -2.37. The number of fused-ring (bicyclic) bond motifs is 1. The van der Waals surface area contributed by atoms with E-state index in [9.17, 15) is 4.79 Å². The number of imidazole rings is 1. The summed E-state index contributed by atoms with van der Waals surface area (Å²) in [4.78, 5) is 20.4. The van der Waals surface area contributed by atoms with Crippen LogP contribution in [0.1, 0.15) is 36.6 Å². The number of carbonyl (C=O) groups excluding carboxylic acids is 1. The van der Waals surface area contributed by atoms with Crippen molar-refractivity contribution in [2.24, 2.45) is 5.73 Å². The van der Waals surface area contributed by atoms with Crippen molar-refractivity contribution in [3.8, 4) is 0 Å². The highest BCUT2D eigenvalue weighted by Gasteiger charge is 2.22. The largest absolute Gasteiger partial charge is 0.342 e. The smallest absolute Gasteiger partial charge is 0.241 e. The number of hydrogen-bond donors (Lipinski definition) is 3. The molecule has 2 aromatic carbocycles. The summed E-state index contributed by atoms with van der Waals surface area (Å²) in [6.45, 7) is 0. The van der Waals surface area contributed by atoms with Gasteiger partial charge in [-0.1, -0.05) is 36.8 Å². The molecule has 25 heavy (non-hydrogen) atoms. The van der Waals surface area contributed by atoms with Crippen LogP contribution in [0.3, 0.4) is 0 Å². The summed E-state index contributed by atoms with van der Waals surface area (Å²) in [5.74, 6) is 1.44. The first-order valence-corrected chi connectivity index (χ1v) is 8.79. The minimum atomic E-state index is -0.578. The summed E-state index contributed by atoms with van der Waals surface area (Å²) >= 11 is 0. The molecule has 1 aromatic heterocycles. The maximum Gasteiger partial charge on any atom is 0.241 e. The fraction of sp³-hybridized carbons (Fsp3) is 0.300. The van der Waals surface area contributed by atoms with Crippen molar-refractivity contribution in [3.05, 3.63) is 59.9 Å². The summed E-state index contributed by atoms with van der Waals surface area (Å²) in [5, 5.41) is 2.91. The highest BCUT2D eigenvalue weighted by atomic mass is 16.2. The molecule has 5 nitrogen and oxygen atoms in total. The maximum atomic E-state index is 12.4. The van der Waals surface area contributed by atoms with Gasteiger partial charge in [-0.2, -0.15) is 0 Å². The molecule has 0 bridgehead atoms. The van der Waals surface area contributed by atoms with Crippen LogP contribution in [0.4, 0.5) is 5.69 Å². The molecule has 4 N–H and O–H groups in total. The Morgan fingerprint density at radius 3 is 2.76 bits per heavy atom. The van der Waals surface area contributed by atoms with Gasteiger partial charge in [-0.25, -0.2) is 4.98 Å². The lowest BCUT2D eigenvalue weighted by Gasteiger charge is -2.22. The Hall–Kier alpha value is -2.66. The predicted molar refractivity (Wildman–Crippen MR) is 99.4 cm³/mol. The normalized spacial score (nSPS) is 15.7. The monoisotopic (exact) mass is 334 g/mol. The van der Waals surface area contributed by atoms with Crippen molar-refractivity contribution in [2.45, 2.75) is 37.6 Å². The van der Waals surface area contributed by atoms with Gasteiger partial charge in [0, 0.05) is 11.6 Å². The zero-order chi connectivity index (χ0) is 17.2. The minimum Gasteiger partial charge on any atom is -0.342 e. The topological polar surface area (TPSA) is 83.8 Å². The van der Waals surface area contributed by atoms with E-state index in [1.54, 1.807) is 0 Å². The van der Waals surface area contributed by atoms with Crippen LogP contribution < -0.4 is 11.1 Å². The molecule has 1 unspecified atom stereocenters. The van der Waals surface area contributed by atoms with Gasteiger partial charge in [-0.3, -0.25) is 4.79 Å². The molecule has 3 aromatic rings. The lowest BCUT2D eigenvalue weighted by atomic mass is 9.85. The molecule has 0 spiro atoms. The van der Waals surface area contributed by atoms with E-state index in [2.05, 4.69) is 15.3 Å². The summed E-state index contributed by atoms with van der Waals surface area (Å²) in [6, 6.07) is 15.0. The van der Waals surface area contributed by atoms with Gasteiger partial charge in [0.1, 0.15) is 5.82 Å². The number of H-pyrrole nitrogens is 1. The summed E-state index contributed by atoms with van der Waals surface area (Å²) in [5.41, 5.74) is 9.74. The molecule has 0 radical (unpaired) electrons. The molecular weight excluding hydrogens is 312 g/mol. The third-order valence-corrected chi connectivity index (χ3v) is 4.89. The Bertz CT molecular complexity index is 883. The molecule has 1 fully saturated rings. The Morgan fingerprint density at radius 1 is 1.24 bits per heavy atom. The molecule has 1 aliphatic rings. The number of amides is 1. The number of aromatic amines is 1. The van der Waals surface area contributed by atoms with Crippen LogP contribution >= 0.6 is 0 Å². The van der Waals surface area contributed by atoms with Gasteiger partial charge >= 0.3 is 0 Å². The van der Waals surface area contributed by atoms with E-state index < -0.39 is 6.04 Å². The third kappa shape index (κ3) is 3.42. The highest BCUT2D eigenvalue weighted by molar-refractivity contribution is 5.96. The van der Waals surface area contributed by atoms with Gasteiger partial charge in [-0.05, 0) is 43.0 Å². The van der Waals surface area contributed by atoms with Crippen LogP contribution in [0.2, 0.25) is 0 Å². The van der Waals surface area contributed by atoms with Crippen molar-refractivity contribution in [1.29, 1.82) is 0 Å². The van der Waals surface area contributed by atoms with Crippen LogP contribution in [-0.2, 0) is 11.2 Å². The maximum absolute atomic E-state index is 12.4. The number of carbonyl (C=O) groups is 1. The van der Waals surface area contributed by atoms with E-state index in [-0.39, 0.29) is 5.91 Å². The molecule has 128 valence electrons. The number of nitrogens with one attached hydrogen (secondary N) is 2. The molecule has 5 heteroatoms. The molecule has 0 saturated heterocycles. The molecule has 1 heterocycles. The molecule has 1 saturated carbocycles. The van der Waals surface area contributed by atoms with Gasteiger partial charge in [0.25, 0.3) is 0 Å². The summed E-state index contributed by atoms with van der Waals surface area (Å²) in [7, 11) is 0. The van der Waals surface area contributed by atoms with Crippen LogP contribution in [0.5, 0.6) is 0 Å². The second kappa shape index (κ2) is 6.69. The number of rotatable bonds is 5. The van der Waals surface area contributed by atoms with Crippen LogP contribution in [0.25, 0.3) is 11.0 Å². The Balaban J connectivity index is 1.45. The molecular formula is C20H22N4O. The standard InChI is InChI=1S/C20H22N4O/c21-16(11-13-5-2-1-3-6-13)20(25)22-15-9-10-17-18(12-15)24-19(23-17)14-7-4-8-14/h1-3,5-6,9-10,12,14,16H,4,7-8,11,21H2,(H,22,25)(H,23,24). The fourth-order valence-corrected chi connectivity index (χ4v) is 3.18. The highest BCUT2D eigenvalue weighted by Crippen LogP contribution is 2.35. The van der Waals surface area contributed by atoms with Crippen molar-refractivity contribution >= 4 is 22.6 Å². The Kier molecular flexibility index (Phi) is 4.24. The van der Waals surface area contributed by atoms with Crippen LogP contribution in [0, 0.1) is 0 Å². The zero-order valence-electron chi connectivity index (χ0n) is 14.0. The van der Waals surface area contributed by atoms with Crippen molar-refractivity contribution < 1.29 is 4.79 Å². The van der Waals surface area contributed by atoms with Gasteiger partial charge in [0.2, 0.25) is 5.91 Å². The Labute approximate surface area is 146 Å². The van der Waals surface area contributed by atoms with E-state index in [4.69, 9.17) is 5.73 Å². The minimum absolute atomic E-state index is 0.179. The second-order valence-corrected chi connectivity index (χ2v) is 6.77. The van der Waals surface area contributed by atoms with Crippen molar-refractivity contribution in [1.82, 2.24) is 9.97 Å². The van der Waals surface area contributed by atoms with E-state index in [1.165, 1.54) is 19.3 Å². The zero-order valence-corrected chi connectivity index (χ0v) is 14.0. The SMILES string of the molecule is NC(Cc1ccccc1)C(=O)Nc1ccc2nc(C3CCC3)[nH]c2c1. The number of aromatic nitrogens is 2. The van der Waals surface area contributed by atoms with Crippen molar-refractivity contribution in [3.63, 3.8) is 0 Å². The molecule has 1 amide bonds. The molecule has 1 aliphatic carbocycles. The van der Waals surface area contributed by atoms with Crippen LogP contribution in [-0.4, -0.2) is 21.9 Å². The number of hydrogen-bond acceptors (Lipinski definition) is 3. The lowest BCUT2D eigenvalue weighted by molar-refractivity contribution is -0.117. The van der Waals surface area contributed by atoms with E-state index >= 15 is 0 Å². The summed E-state index contributed by atoms with van der Waals surface area (Å²) in [6.07, 6.45) is 4.21. The molecule has 1 atom stereocenters. The number of nitrogens with zero attached hydrogens (tertiary/aromatic N) is 1. The first kappa shape index (κ1) is 15.8. The quantitative estimate of drug-likeness (QED) is 0.669. The average molecular weight is 334 g/mol. The summed E-state index contributed by atoms with van der Waals surface area (Å²) < 4.78 is 0. The number of nitrogens with two attached hydrogens (primary N) is 1. The van der Waals surface area contributed by atoms with Crippen LogP contribution in [0.15, 0.2) is 48.5 Å². The van der Waals surface area contributed by atoms with E-state index in [1.807, 2.05) is 48.5 Å². The van der Waals surface area contributed by atoms with Crippen molar-refractivity contribution in [2.75, 3.05) is 5.32 Å². The Morgan fingerprint density at radius 2 is 2.04 bits per heavy atom. The number of anilines is 1. The second-order valence-electron chi connectivity index (χ2n) is 6.77. The average Bonchev–Trinajstić information content (AvgIpc) is 2.96. The number of benzene rings is 2. The third-order valence-electron chi connectivity index (χ3n) is 4.89. The van der Waals surface area contributed by atoms with Gasteiger partial charge < -0.3 is 16.0 Å². The van der Waals surface area contributed by atoms with Gasteiger partial charge in [0.15, 0.2) is 0 Å². The van der Waals surface area contributed by atoms with Gasteiger partial charge in [0.05, 0.1) is 17.1 Å². The predicted octanol–water partition coefficient (Wildman–Crippen LogP) is 3.34. The van der Waals surface area contributed by atoms with Gasteiger partial charge in [-0.15, -0.1) is 0 Å². The molecule has 0 aliphatic heterocycles. The van der Waals surface area contributed by atoms with E-state index in [0.29, 0.717) is 12.3 Å².